The zero-order chi connectivity index (χ0) is 21.9. The monoisotopic (exact) mass is 423 g/mol. The molecule has 1 heterocycles. The minimum absolute atomic E-state index is 0.292. The summed E-state index contributed by atoms with van der Waals surface area (Å²) in [5.41, 5.74) is 8.74. The Bertz CT molecular complexity index is 930. The van der Waals surface area contributed by atoms with Crippen molar-refractivity contribution >= 4 is 23.5 Å². The fraction of sp³-hybridized carbons (Fsp3) is 0.348. The van der Waals surface area contributed by atoms with Crippen LogP contribution in [0.1, 0.15) is 30.4 Å². The van der Waals surface area contributed by atoms with Crippen LogP contribution in [0, 0.1) is 12.7 Å². The molecule has 7 nitrogen and oxygen atoms in total. The number of halogens is 1. The molecule has 0 atom stereocenters. The van der Waals surface area contributed by atoms with E-state index in [1.165, 1.54) is 23.3 Å². The fourth-order valence-electron chi connectivity index (χ4n) is 2.97. The molecule has 164 valence electrons. The largest absolute Gasteiger partial charge is 0.354 e. The van der Waals surface area contributed by atoms with Crippen LogP contribution in [0.15, 0.2) is 48.5 Å². The van der Waals surface area contributed by atoms with E-state index in [1.54, 1.807) is 12.1 Å². The van der Waals surface area contributed by atoms with Crippen molar-refractivity contribution in [1.82, 2.24) is 15.0 Å². The smallest absolute Gasteiger partial charge is 0.233 e. The second-order valence-electron chi connectivity index (χ2n) is 7.38. The molecule has 0 spiro atoms. The molecule has 3 rings (SSSR count). The summed E-state index contributed by atoms with van der Waals surface area (Å²) in [7, 11) is 0. The molecule has 0 aliphatic heterocycles. The van der Waals surface area contributed by atoms with Crippen LogP contribution in [0.3, 0.4) is 0 Å². The highest BCUT2D eigenvalue weighted by molar-refractivity contribution is 5.55. The van der Waals surface area contributed by atoms with Crippen LogP contribution < -0.4 is 21.7 Å². The first-order valence-corrected chi connectivity index (χ1v) is 10.6. The summed E-state index contributed by atoms with van der Waals surface area (Å²) in [6, 6.07) is 14.5. The van der Waals surface area contributed by atoms with Crippen molar-refractivity contribution in [3.63, 3.8) is 0 Å². The number of hydrogen-bond acceptors (Lipinski definition) is 7. The van der Waals surface area contributed by atoms with Gasteiger partial charge in [-0.3, -0.25) is 0 Å². The second kappa shape index (κ2) is 11.8. The van der Waals surface area contributed by atoms with Gasteiger partial charge in [0.25, 0.3) is 0 Å². The molecule has 0 aliphatic carbocycles. The third-order valence-electron chi connectivity index (χ3n) is 4.72. The first-order valence-electron chi connectivity index (χ1n) is 10.6. The van der Waals surface area contributed by atoms with Gasteiger partial charge in [0, 0.05) is 18.8 Å². The molecular formula is C23H30FN7. The van der Waals surface area contributed by atoms with Crippen molar-refractivity contribution in [2.75, 3.05) is 35.6 Å². The van der Waals surface area contributed by atoms with Gasteiger partial charge in [-0.05, 0) is 62.6 Å². The maximum Gasteiger partial charge on any atom is 0.233 e. The molecule has 0 radical (unpaired) electrons. The molecule has 31 heavy (non-hydrogen) atoms. The average Bonchev–Trinajstić information content (AvgIpc) is 2.77. The van der Waals surface area contributed by atoms with Crippen molar-refractivity contribution in [1.29, 1.82) is 0 Å². The van der Waals surface area contributed by atoms with Crippen LogP contribution in [-0.4, -0.2) is 34.6 Å². The van der Waals surface area contributed by atoms with E-state index in [9.17, 15) is 4.39 Å². The Morgan fingerprint density at radius 3 is 2.10 bits per heavy atom. The van der Waals surface area contributed by atoms with Gasteiger partial charge in [0.2, 0.25) is 17.8 Å². The molecule has 0 fully saturated rings. The Labute approximate surface area is 182 Å². The number of aromatic nitrogens is 3. The van der Waals surface area contributed by atoms with E-state index in [1.807, 2.05) is 0 Å². The highest BCUT2D eigenvalue weighted by Gasteiger charge is 2.07. The van der Waals surface area contributed by atoms with Crippen LogP contribution >= 0.6 is 0 Å². The number of aryl methyl sites for hydroxylation is 1. The van der Waals surface area contributed by atoms with Crippen molar-refractivity contribution in [2.45, 2.75) is 32.6 Å². The molecule has 8 heteroatoms. The van der Waals surface area contributed by atoms with Gasteiger partial charge in [-0.15, -0.1) is 0 Å². The lowest BCUT2D eigenvalue weighted by molar-refractivity contribution is 0.628. The molecule has 0 saturated carbocycles. The molecule has 5 N–H and O–H groups in total. The average molecular weight is 424 g/mol. The van der Waals surface area contributed by atoms with E-state index in [0.29, 0.717) is 36.6 Å². The Morgan fingerprint density at radius 2 is 1.42 bits per heavy atom. The van der Waals surface area contributed by atoms with Gasteiger partial charge in [-0.25, -0.2) is 4.39 Å². The zero-order valence-corrected chi connectivity index (χ0v) is 17.9. The van der Waals surface area contributed by atoms with Gasteiger partial charge in [0.05, 0.1) is 0 Å². The third kappa shape index (κ3) is 7.82. The molecule has 2 aromatic carbocycles. The molecule has 3 aromatic rings. The van der Waals surface area contributed by atoms with Gasteiger partial charge in [-0.1, -0.05) is 36.2 Å². The van der Waals surface area contributed by atoms with E-state index in [4.69, 9.17) is 5.73 Å². The van der Waals surface area contributed by atoms with Gasteiger partial charge in [-0.2, -0.15) is 15.0 Å². The minimum Gasteiger partial charge on any atom is -0.354 e. The summed E-state index contributed by atoms with van der Waals surface area (Å²) < 4.78 is 13.2. The highest BCUT2D eigenvalue weighted by atomic mass is 19.1. The van der Waals surface area contributed by atoms with Crippen LogP contribution in [-0.2, 0) is 6.42 Å². The third-order valence-corrected chi connectivity index (χ3v) is 4.72. The molecular weight excluding hydrogens is 393 g/mol. The number of rotatable bonds is 12. The predicted octanol–water partition coefficient (Wildman–Crippen LogP) is 4.26. The van der Waals surface area contributed by atoms with E-state index < -0.39 is 0 Å². The van der Waals surface area contributed by atoms with Crippen LogP contribution in [0.2, 0.25) is 0 Å². The maximum atomic E-state index is 13.2. The Hall–Kier alpha value is -3.26. The first kappa shape index (κ1) is 22.4. The second-order valence-corrected chi connectivity index (χ2v) is 7.38. The lowest BCUT2D eigenvalue weighted by Gasteiger charge is -2.11. The number of nitrogens with two attached hydrogens (primary N) is 1. The molecule has 0 bridgehead atoms. The number of nitrogens with zero attached hydrogens (tertiary/aromatic N) is 3. The van der Waals surface area contributed by atoms with E-state index in [0.717, 1.165) is 32.2 Å². The number of hydrogen-bond donors (Lipinski definition) is 4. The maximum absolute atomic E-state index is 13.2. The van der Waals surface area contributed by atoms with Crippen LogP contribution in [0.4, 0.5) is 27.9 Å². The van der Waals surface area contributed by atoms with E-state index in [-0.39, 0.29) is 5.82 Å². The number of nitrogens with one attached hydrogen (secondary N) is 3. The Balaban J connectivity index is 1.65. The fourth-order valence-corrected chi connectivity index (χ4v) is 2.97. The number of anilines is 4. The first-order chi connectivity index (χ1) is 15.1. The van der Waals surface area contributed by atoms with Crippen LogP contribution in [0.25, 0.3) is 0 Å². The van der Waals surface area contributed by atoms with Gasteiger partial charge >= 0.3 is 0 Å². The van der Waals surface area contributed by atoms with E-state index >= 15 is 0 Å². The van der Waals surface area contributed by atoms with E-state index in [2.05, 4.69) is 62.1 Å². The molecule has 0 unspecified atom stereocenters. The Kier molecular flexibility index (Phi) is 8.54. The summed E-state index contributed by atoms with van der Waals surface area (Å²) >= 11 is 0. The highest BCUT2D eigenvalue weighted by Crippen LogP contribution is 2.16. The summed E-state index contributed by atoms with van der Waals surface area (Å²) in [5.74, 6) is 1.07. The summed E-state index contributed by atoms with van der Waals surface area (Å²) in [5, 5.41) is 9.64. The standard InChI is InChI=1S/C23H30FN7/c1-17-5-7-18(8-6-17)13-16-27-22-29-21(26-15-4-2-3-14-25)30-23(31-22)28-20-11-9-19(24)10-12-20/h5-12H,2-4,13-16,25H2,1H3,(H3,26,27,28,29,30,31). The van der Waals surface area contributed by atoms with Gasteiger partial charge < -0.3 is 21.7 Å². The topological polar surface area (TPSA) is 101 Å². The molecule has 0 saturated heterocycles. The lowest BCUT2D eigenvalue weighted by atomic mass is 10.1. The SMILES string of the molecule is Cc1ccc(CCNc2nc(NCCCCCN)nc(Nc3ccc(F)cc3)n2)cc1. The predicted molar refractivity (Wildman–Crippen MR) is 124 cm³/mol. The van der Waals surface area contributed by atoms with Gasteiger partial charge in [0.1, 0.15) is 5.82 Å². The zero-order valence-electron chi connectivity index (χ0n) is 17.9. The van der Waals surface area contributed by atoms with Crippen LogP contribution in [0.5, 0.6) is 0 Å². The quantitative estimate of drug-likeness (QED) is 0.323. The summed E-state index contributed by atoms with van der Waals surface area (Å²) in [6.07, 6.45) is 3.90. The normalized spacial score (nSPS) is 10.7. The summed E-state index contributed by atoms with van der Waals surface area (Å²) in [4.78, 5) is 13.4. The lowest BCUT2D eigenvalue weighted by Crippen LogP contribution is -2.13. The van der Waals surface area contributed by atoms with Crippen molar-refractivity contribution in [2.24, 2.45) is 5.73 Å². The van der Waals surface area contributed by atoms with Gasteiger partial charge in [0.15, 0.2) is 0 Å². The molecule has 1 aromatic heterocycles. The Morgan fingerprint density at radius 1 is 0.774 bits per heavy atom. The van der Waals surface area contributed by atoms with Crippen molar-refractivity contribution < 1.29 is 4.39 Å². The number of benzene rings is 2. The minimum atomic E-state index is -0.292. The number of unbranched alkanes of at least 4 members (excludes halogenated alkanes) is 2. The molecule has 0 amide bonds. The summed E-state index contributed by atoms with van der Waals surface area (Å²) in [6.45, 7) is 4.22. The van der Waals surface area contributed by atoms with Crippen molar-refractivity contribution in [3.8, 4) is 0 Å². The molecule has 0 aliphatic rings. The van der Waals surface area contributed by atoms with Crippen molar-refractivity contribution in [3.05, 3.63) is 65.5 Å².